The van der Waals surface area contributed by atoms with Crippen LogP contribution in [0.5, 0.6) is 0 Å². The van der Waals surface area contributed by atoms with E-state index in [0.29, 0.717) is 23.5 Å². The number of amides is 1. The highest BCUT2D eigenvalue weighted by molar-refractivity contribution is 5.99. The number of nitrogens with one attached hydrogen (secondary N) is 2. The maximum Gasteiger partial charge on any atom is 0.251 e. The zero-order valence-electron chi connectivity index (χ0n) is 11.9. The smallest absolute Gasteiger partial charge is 0.251 e. The van der Waals surface area contributed by atoms with Crippen LogP contribution in [0.25, 0.3) is 0 Å². The van der Waals surface area contributed by atoms with Crippen molar-refractivity contribution in [2.24, 2.45) is 5.73 Å². The third-order valence-electron chi connectivity index (χ3n) is 3.01. The Morgan fingerprint density at radius 2 is 2.24 bits per heavy atom. The molecule has 0 unspecified atom stereocenters. The van der Waals surface area contributed by atoms with E-state index in [-0.39, 0.29) is 11.4 Å². The number of hydrogen-bond donors (Lipinski definition) is 3. The summed E-state index contributed by atoms with van der Waals surface area (Å²) in [6, 6.07) is 4.83. The number of carbonyl (C=O) groups is 1. The number of anilines is 1. The van der Waals surface area contributed by atoms with Crippen LogP contribution in [-0.2, 0) is 4.79 Å². The van der Waals surface area contributed by atoms with Gasteiger partial charge in [-0.05, 0) is 31.5 Å². The number of dihydropyridines is 1. The summed E-state index contributed by atoms with van der Waals surface area (Å²) in [5.41, 5.74) is 7.82. The van der Waals surface area contributed by atoms with Crippen molar-refractivity contribution in [1.82, 2.24) is 5.32 Å². The molecule has 0 atom stereocenters. The monoisotopic (exact) mass is 285 g/mol. The van der Waals surface area contributed by atoms with Crippen molar-refractivity contribution in [3.05, 3.63) is 52.6 Å². The van der Waals surface area contributed by atoms with Gasteiger partial charge in [0.05, 0.1) is 23.4 Å². The van der Waals surface area contributed by atoms with E-state index < -0.39 is 5.91 Å². The Bertz CT molecular complexity index is 708. The molecule has 1 heterocycles. The third kappa shape index (κ3) is 3.23. The predicted molar refractivity (Wildman–Crippen MR) is 80.5 cm³/mol. The number of rotatable bonds is 3. The largest absolute Gasteiger partial charge is 0.384 e. The Morgan fingerprint density at radius 1 is 1.48 bits per heavy atom. The fraction of sp³-hybridized carbons (Fsp3) is 0.188. The standard InChI is InChI=1S/C16H16FN3O/c1-3-4-11-8-19-9-14(15(11)16(18)21)20-13-6-5-10(2)7-12(13)17/h5-8,19-20H,9H2,1-2H3,(H2,18,21). The van der Waals surface area contributed by atoms with E-state index in [0.717, 1.165) is 5.56 Å². The van der Waals surface area contributed by atoms with Gasteiger partial charge in [0.25, 0.3) is 5.91 Å². The molecule has 108 valence electrons. The molecule has 1 aromatic rings. The lowest BCUT2D eigenvalue weighted by atomic mass is 10.0. The number of aryl methyl sites for hydroxylation is 1. The molecule has 0 fully saturated rings. The second kappa shape index (κ2) is 6.14. The van der Waals surface area contributed by atoms with Gasteiger partial charge in [-0.15, -0.1) is 5.92 Å². The van der Waals surface area contributed by atoms with E-state index in [1.165, 1.54) is 6.07 Å². The molecule has 1 aromatic carbocycles. The Morgan fingerprint density at radius 3 is 2.86 bits per heavy atom. The van der Waals surface area contributed by atoms with Crippen LogP contribution in [0.4, 0.5) is 10.1 Å². The minimum Gasteiger partial charge on any atom is -0.384 e. The number of primary amides is 1. The zero-order valence-corrected chi connectivity index (χ0v) is 11.9. The molecule has 0 aromatic heterocycles. The van der Waals surface area contributed by atoms with Gasteiger partial charge >= 0.3 is 0 Å². The Labute approximate surface area is 122 Å². The van der Waals surface area contributed by atoms with Crippen LogP contribution < -0.4 is 16.4 Å². The summed E-state index contributed by atoms with van der Waals surface area (Å²) in [5, 5.41) is 5.92. The summed E-state index contributed by atoms with van der Waals surface area (Å²) < 4.78 is 13.9. The molecule has 0 radical (unpaired) electrons. The topological polar surface area (TPSA) is 67.2 Å². The summed E-state index contributed by atoms with van der Waals surface area (Å²) in [7, 11) is 0. The van der Waals surface area contributed by atoms with Crippen molar-refractivity contribution in [3.8, 4) is 11.8 Å². The van der Waals surface area contributed by atoms with E-state index >= 15 is 0 Å². The van der Waals surface area contributed by atoms with Gasteiger partial charge in [-0.3, -0.25) is 4.79 Å². The molecule has 4 N–H and O–H groups in total. The van der Waals surface area contributed by atoms with Crippen molar-refractivity contribution in [3.63, 3.8) is 0 Å². The first-order chi connectivity index (χ1) is 10.0. The van der Waals surface area contributed by atoms with Crippen molar-refractivity contribution in [1.29, 1.82) is 0 Å². The quantitative estimate of drug-likeness (QED) is 0.742. The maximum absolute atomic E-state index is 13.9. The second-order valence-electron chi connectivity index (χ2n) is 4.64. The number of benzene rings is 1. The van der Waals surface area contributed by atoms with Crippen molar-refractivity contribution in [2.75, 3.05) is 11.9 Å². The molecule has 1 aliphatic heterocycles. The number of nitrogens with two attached hydrogens (primary N) is 1. The van der Waals surface area contributed by atoms with Crippen LogP contribution >= 0.6 is 0 Å². The summed E-state index contributed by atoms with van der Waals surface area (Å²) in [4.78, 5) is 11.7. The van der Waals surface area contributed by atoms with E-state index in [2.05, 4.69) is 22.5 Å². The molecule has 2 rings (SSSR count). The number of carbonyl (C=O) groups excluding carboxylic acids is 1. The second-order valence-corrected chi connectivity index (χ2v) is 4.64. The molecule has 0 saturated carbocycles. The molecular weight excluding hydrogens is 269 g/mol. The van der Waals surface area contributed by atoms with Gasteiger partial charge in [0.15, 0.2) is 0 Å². The molecule has 5 heteroatoms. The third-order valence-corrected chi connectivity index (χ3v) is 3.01. The lowest BCUT2D eigenvalue weighted by Crippen LogP contribution is -2.29. The van der Waals surface area contributed by atoms with Crippen LogP contribution in [0.15, 0.2) is 41.2 Å². The first kappa shape index (κ1) is 14.7. The van der Waals surface area contributed by atoms with Gasteiger partial charge in [0.2, 0.25) is 0 Å². The normalized spacial score (nSPS) is 13.8. The lowest BCUT2D eigenvalue weighted by Gasteiger charge is -2.20. The van der Waals surface area contributed by atoms with Crippen LogP contribution in [0, 0.1) is 24.6 Å². The van der Waals surface area contributed by atoms with Gasteiger partial charge in [0, 0.05) is 11.9 Å². The zero-order chi connectivity index (χ0) is 15.4. The molecule has 4 nitrogen and oxygen atoms in total. The first-order valence-corrected chi connectivity index (χ1v) is 6.45. The Balaban J connectivity index is 2.43. The maximum atomic E-state index is 13.9. The molecule has 0 bridgehead atoms. The molecule has 0 aliphatic carbocycles. The van der Waals surface area contributed by atoms with E-state index in [1.54, 1.807) is 32.2 Å². The van der Waals surface area contributed by atoms with E-state index in [1.807, 2.05) is 0 Å². The predicted octanol–water partition coefficient (Wildman–Crippen LogP) is 1.80. The highest BCUT2D eigenvalue weighted by Gasteiger charge is 2.20. The molecule has 1 amide bonds. The highest BCUT2D eigenvalue weighted by atomic mass is 19.1. The van der Waals surface area contributed by atoms with Crippen molar-refractivity contribution in [2.45, 2.75) is 13.8 Å². The minimum atomic E-state index is -0.597. The Kier molecular flexibility index (Phi) is 4.29. The van der Waals surface area contributed by atoms with Gasteiger partial charge in [0.1, 0.15) is 5.82 Å². The fourth-order valence-electron chi connectivity index (χ4n) is 2.08. The van der Waals surface area contributed by atoms with Gasteiger partial charge in [-0.25, -0.2) is 4.39 Å². The summed E-state index contributed by atoms with van der Waals surface area (Å²) in [6.45, 7) is 3.82. The number of hydrogen-bond acceptors (Lipinski definition) is 3. The minimum absolute atomic E-state index is 0.281. The van der Waals surface area contributed by atoms with Crippen molar-refractivity contribution < 1.29 is 9.18 Å². The molecule has 1 aliphatic rings. The molecule has 0 spiro atoms. The fourth-order valence-corrected chi connectivity index (χ4v) is 2.08. The van der Waals surface area contributed by atoms with Crippen LogP contribution in [0.3, 0.4) is 0 Å². The molecular formula is C16H16FN3O. The van der Waals surface area contributed by atoms with Crippen molar-refractivity contribution >= 4 is 11.6 Å². The Hall–Kier alpha value is -2.74. The van der Waals surface area contributed by atoms with E-state index in [4.69, 9.17) is 5.73 Å². The summed E-state index contributed by atoms with van der Waals surface area (Å²) in [6.07, 6.45) is 1.63. The van der Waals surface area contributed by atoms with Crippen LogP contribution in [-0.4, -0.2) is 12.5 Å². The molecule has 21 heavy (non-hydrogen) atoms. The average Bonchev–Trinajstić information content (AvgIpc) is 2.42. The van der Waals surface area contributed by atoms with Gasteiger partial charge in [-0.1, -0.05) is 12.0 Å². The average molecular weight is 285 g/mol. The number of halogens is 1. The van der Waals surface area contributed by atoms with Crippen LogP contribution in [0.1, 0.15) is 12.5 Å². The lowest BCUT2D eigenvalue weighted by molar-refractivity contribution is -0.114. The van der Waals surface area contributed by atoms with Crippen LogP contribution in [0.2, 0.25) is 0 Å². The highest BCUT2D eigenvalue weighted by Crippen LogP contribution is 2.22. The van der Waals surface area contributed by atoms with Gasteiger partial charge in [-0.2, -0.15) is 0 Å². The molecule has 0 saturated heterocycles. The van der Waals surface area contributed by atoms with Gasteiger partial charge < -0.3 is 16.4 Å². The van der Waals surface area contributed by atoms with E-state index in [9.17, 15) is 9.18 Å². The summed E-state index contributed by atoms with van der Waals surface area (Å²) in [5.74, 6) is 4.55. The first-order valence-electron chi connectivity index (χ1n) is 6.45. The summed E-state index contributed by atoms with van der Waals surface area (Å²) >= 11 is 0. The SMILES string of the molecule is CC#CC1=CNCC(Nc2ccc(C)cc2F)=C1C(N)=O.